The fourth-order valence-corrected chi connectivity index (χ4v) is 3.61. The van der Waals surface area contributed by atoms with Gasteiger partial charge >= 0.3 is 0 Å². The molecule has 0 N–H and O–H groups in total. The standard InChI is InChI=1S/C22H26N2O3/c1-16-4-6-20(7-5-16)27-15-21(26)23-8-10-24(11-9-23)22-17(2)12-19(14-25)13-18(22)3/h4-7,12-14H,8-11,15H2,1-3H3. The third kappa shape index (κ3) is 4.48. The van der Waals surface area contributed by atoms with Gasteiger partial charge in [0, 0.05) is 37.4 Å². The minimum Gasteiger partial charge on any atom is -0.484 e. The van der Waals surface area contributed by atoms with E-state index in [4.69, 9.17) is 4.74 Å². The third-order valence-electron chi connectivity index (χ3n) is 4.98. The average molecular weight is 366 g/mol. The second kappa shape index (κ2) is 8.25. The van der Waals surface area contributed by atoms with Gasteiger partial charge in [0.1, 0.15) is 12.0 Å². The van der Waals surface area contributed by atoms with Crippen LogP contribution >= 0.6 is 0 Å². The molecule has 1 amide bonds. The monoisotopic (exact) mass is 366 g/mol. The predicted molar refractivity (Wildman–Crippen MR) is 107 cm³/mol. The number of carbonyl (C=O) groups is 2. The molecule has 1 saturated heterocycles. The summed E-state index contributed by atoms with van der Waals surface area (Å²) in [5, 5.41) is 0. The normalized spacial score (nSPS) is 14.2. The van der Waals surface area contributed by atoms with Crippen LogP contribution in [-0.4, -0.2) is 49.9 Å². The van der Waals surface area contributed by atoms with Crippen LogP contribution in [-0.2, 0) is 4.79 Å². The van der Waals surface area contributed by atoms with Gasteiger partial charge in [0.05, 0.1) is 0 Å². The van der Waals surface area contributed by atoms with Gasteiger partial charge < -0.3 is 14.5 Å². The Bertz CT molecular complexity index is 799. The van der Waals surface area contributed by atoms with E-state index >= 15 is 0 Å². The number of amides is 1. The van der Waals surface area contributed by atoms with E-state index < -0.39 is 0 Å². The number of ether oxygens (including phenoxy) is 1. The topological polar surface area (TPSA) is 49.9 Å². The number of rotatable bonds is 5. The Morgan fingerprint density at radius 1 is 1.00 bits per heavy atom. The van der Waals surface area contributed by atoms with Crippen molar-refractivity contribution in [1.82, 2.24) is 4.90 Å². The molecule has 0 unspecified atom stereocenters. The molecule has 0 atom stereocenters. The summed E-state index contributed by atoms with van der Waals surface area (Å²) in [7, 11) is 0. The van der Waals surface area contributed by atoms with Crippen LogP contribution in [0.5, 0.6) is 5.75 Å². The van der Waals surface area contributed by atoms with Gasteiger partial charge in [0.25, 0.3) is 5.91 Å². The number of benzene rings is 2. The van der Waals surface area contributed by atoms with Gasteiger partial charge in [-0.05, 0) is 56.2 Å². The van der Waals surface area contributed by atoms with Crippen LogP contribution in [0.4, 0.5) is 5.69 Å². The molecule has 5 heteroatoms. The molecule has 5 nitrogen and oxygen atoms in total. The van der Waals surface area contributed by atoms with E-state index in [0.29, 0.717) is 24.4 Å². The van der Waals surface area contributed by atoms with Gasteiger partial charge in [-0.25, -0.2) is 0 Å². The van der Waals surface area contributed by atoms with E-state index in [1.165, 1.54) is 5.69 Å². The molecule has 3 rings (SSSR count). The van der Waals surface area contributed by atoms with Crippen LogP contribution in [0.1, 0.15) is 27.0 Å². The van der Waals surface area contributed by atoms with Crippen molar-refractivity contribution in [2.75, 3.05) is 37.7 Å². The quantitative estimate of drug-likeness (QED) is 0.763. The van der Waals surface area contributed by atoms with Crippen molar-refractivity contribution in [1.29, 1.82) is 0 Å². The lowest BCUT2D eigenvalue weighted by atomic mass is 10.0. The van der Waals surface area contributed by atoms with Crippen LogP contribution in [0, 0.1) is 20.8 Å². The van der Waals surface area contributed by atoms with Gasteiger partial charge in [-0.1, -0.05) is 17.7 Å². The van der Waals surface area contributed by atoms with Gasteiger partial charge in [-0.2, -0.15) is 0 Å². The molecule has 2 aromatic carbocycles. The number of nitrogens with zero attached hydrogens (tertiary/aromatic N) is 2. The molecule has 0 radical (unpaired) electrons. The lowest BCUT2D eigenvalue weighted by Crippen LogP contribution is -2.50. The molecule has 1 aliphatic heterocycles. The van der Waals surface area contributed by atoms with Gasteiger partial charge in [-0.15, -0.1) is 0 Å². The summed E-state index contributed by atoms with van der Waals surface area (Å²) in [6.45, 7) is 9.04. The van der Waals surface area contributed by atoms with Crippen molar-refractivity contribution >= 4 is 17.9 Å². The Hall–Kier alpha value is -2.82. The van der Waals surface area contributed by atoms with Crippen molar-refractivity contribution in [2.45, 2.75) is 20.8 Å². The molecule has 0 saturated carbocycles. The molecule has 2 aromatic rings. The first kappa shape index (κ1) is 19.0. The largest absolute Gasteiger partial charge is 0.484 e. The summed E-state index contributed by atoms with van der Waals surface area (Å²) in [4.78, 5) is 27.6. The maximum atomic E-state index is 12.4. The minimum atomic E-state index is 0.0139. The van der Waals surface area contributed by atoms with E-state index in [2.05, 4.69) is 4.90 Å². The molecule has 27 heavy (non-hydrogen) atoms. The Labute approximate surface area is 160 Å². The van der Waals surface area contributed by atoms with Gasteiger partial charge in [-0.3, -0.25) is 9.59 Å². The summed E-state index contributed by atoms with van der Waals surface area (Å²) in [6, 6.07) is 11.5. The fraction of sp³-hybridized carbons (Fsp3) is 0.364. The van der Waals surface area contributed by atoms with Crippen molar-refractivity contribution < 1.29 is 14.3 Å². The molecular weight excluding hydrogens is 340 g/mol. The molecular formula is C22H26N2O3. The summed E-state index contributed by atoms with van der Waals surface area (Å²) in [6.07, 6.45) is 0.883. The average Bonchev–Trinajstić information content (AvgIpc) is 2.67. The molecule has 0 aliphatic carbocycles. The van der Waals surface area contributed by atoms with E-state index in [9.17, 15) is 9.59 Å². The number of anilines is 1. The van der Waals surface area contributed by atoms with E-state index in [0.717, 1.165) is 36.1 Å². The highest BCUT2D eigenvalue weighted by atomic mass is 16.5. The third-order valence-corrected chi connectivity index (χ3v) is 4.98. The summed E-state index contributed by atoms with van der Waals surface area (Å²) >= 11 is 0. The Balaban J connectivity index is 1.56. The number of hydrogen-bond acceptors (Lipinski definition) is 4. The van der Waals surface area contributed by atoms with E-state index in [-0.39, 0.29) is 12.5 Å². The van der Waals surface area contributed by atoms with Crippen LogP contribution < -0.4 is 9.64 Å². The van der Waals surface area contributed by atoms with Crippen molar-refractivity contribution in [3.05, 3.63) is 58.7 Å². The van der Waals surface area contributed by atoms with Crippen LogP contribution in [0.2, 0.25) is 0 Å². The van der Waals surface area contributed by atoms with Crippen LogP contribution in [0.25, 0.3) is 0 Å². The smallest absolute Gasteiger partial charge is 0.260 e. The predicted octanol–water partition coefficient (Wildman–Crippen LogP) is 3.15. The highest BCUT2D eigenvalue weighted by Gasteiger charge is 2.23. The van der Waals surface area contributed by atoms with Gasteiger partial charge in [0.15, 0.2) is 6.61 Å². The van der Waals surface area contributed by atoms with Crippen molar-refractivity contribution in [3.63, 3.8) is 0 Å². The van der Waals surface area contributed by atoms with Crippen molar-refractivity contribution in [3.8, 4) is 5.75 Å². The first-order valence-corrected chi connectivity index (χ1v) is 9.26. The molecule has 1 heterocycles. The van der Waals surface area contributed by atoms with E-state index in [1.54, 1.807) is 0 Å². The maximum absolute atomic E-state index is 12.4. The summed E-state index contributed by atoms with van der Waals surface area (Å²) < 4.78 is 5.61. The maximum Gasteiger partial charge on any atom is 0.260 e. The van der Waals surface area contributed by atoms with E-state index in [1.807, 2.05) is 62.1 Å². The number of carbonyl (C=O) groups excluding carboxylic acids is 2. The van der Waals surface area contributed by atoms with Crippen LogP contribution in [0.3, 0.4) is 0 Å². The molecule has 1 fully saturated rings. The molecule has 0 bridgehead atoms. The minimum absolute atomic E-state index is 0.0139. The van der Waals surface area contributed by atoms with Crippen molar-refractivity contribution in [2.24, 2.45) is 0 Å². The Kier molecular flexibility index (Phi) is 5.79. The molecule has 0 aromatic heterocycles. The number of aryl methyl sites for hydroxylation is 3. The number of hydrogen-bond donors (Lipinski definition) is 0. The fourth-order valence-electron chi connectivity index (χ4n) is 3.61. The first-order valence-electron chi connectivity index (χ1n) is 9.26. The highest BCUT2D eigenvalue weighted by Crippen LogP contribution is 2.27. The zero-order valence-corrected chi connectivity index (χ0v) is 16.2. The summed E-state index contributed by atoms with van der Waals surface area (Å²) in [5.41, 5.74) is 5.23. The molecule has 142 valence electrons. The second-order valence-electron chi connectivity index (χ2n) is 7.09. The zero-order valence-electron chi connectivity index (χ0n) is 16.2. The zero-order chi connectivity index (χ0) is 19.4. The Morgan fingerprint density at radius 2 is 1.59 bits per heavy atom. The lowest BCUT2D eigenvalue weighted by molar-refractivity contribution is -0.133. The Morgan fingerprint density at radius 3 is 2.15 bits per heavy atom. The highest BCUT2D eigenvalue weighted by molar-refractivity contribution is 5.79. The van der Waals surface area contributed by atoms with Crippen LogP contribution in [0.15, 0.2) is 36.4 Å². The number of aldehydes is 1. The second-order valence-corrected chi connectivity index (χ2v) is 7.09. The lowest BCUT2D eigenvalue weighted by Gasteiger charge is -2.37. The first-order chi connectivity index (χ1) is 13.0. The number of piperazine rings is 1. The molecule has 0 spiro atoms. The summed E-state index contributed by atoms with van der Waals surface area (Å²) in [5.74, 6) is 0.731. The van der Waals surface area contributed by atoms with Gasteiger partial charge in [0.2, 0.25) is 0 Å². The molecule has 1 aliphatic rings. The SMILES string of the molecule is Cc1ccc(OCC(=O)N2CCN(c3c(C)cc(C=O)cc3C)CC2)cc1.